The molecule has 0 aliphatic carbocycles. The molecule has 0 radical (unpaired) electrons. The standard InChI is InChI=1S/C24H27ClN4/c1-2-11-28(12-10-20-4-3-5-23(25)15-20)13-14-29-19-27-18-24(29)16-21-6-8-22(17-26)9-7-21/h3-9,15,18-19H,2,10-14,16H2,1H3. The van der Waals surface area contributed by atoms with E-state index >= 15 is 0 Å². The zero-order valence-electron chi connectivity index (χ0n) is 16.9. The lowest BCUT2D eigenvalue weighted by Gasteiger charge is -2.22. The highest BCUT2D eigenvalue weighted by Crippen LogP contribution is 2.13. The minimum absolute atomic E-state index is 0.692. The lowest BCUT2D eigenvalue weighted by molar-refractivity contribution is 0.265. The number of nitrogens with zero attached hydrogens (tertiary/aromatic N) is 4. The molecule has 2 aromatic carbocycles. The third kappa shape index (κ3) is 6.45. The van der Waals surface area contributed by atoms with Crippen LogP contribution in [0.3, 0.4) is 0 Å². The van der Waals surface area contributed by atoms with Gasteiger partial charge in [0.05, 0.1) is 18.0 Å². The first-order valence-corrected chi connectivity index (χ1v) is 10.5. The Kier molecular flexibility index (Phi) is 7.86. The van der Waals surface area contributed by atoms with E-state index < -0.39 is 0 Å². The van der Waals surface area contributed by atoms with Gasteiger partial charge < -0.3 is 9.47 Å². The molecule has 150 valence electrons. The molecule has 29 heavy (non-hydrogen) atoms. The predicted octanol–water partition coefficient (Wildman–Crippen LogP) is 4.95. The lowest BCUT2D eigenvalue weighted by atomic mass is 10.1. The molecule has 0 aliphatic heterocycles. The van der Waals surface area contributed by atoms with Crippen LogP contribution in [0.1, 0.15) is 35.7 Å². The van der Waals surface area contributed by atoms with Crippen molar-refractivity contribution >= 4 is 11.6 Å². The van der Waals surface area contributed by atoms with Gasteiger partial charge in [0, 0.05) is 43.0 Å². The van der Waals surface area contributed by atoms with Gasteiger partial charge in [-0.25, -0.2) is 4.98 Å². The molecule has 0 saturated carbocycles. The molecular formula is C24H27ClN4. The van der Waals surface area contributed by atoms with Crippen LogP contribution in [0, 0.1) is 11.3 Å². The summed E-state index contributed by atoms with van der Waals surface area (Å²) in [5, 5.41) is 9.75. The van der Waals surface area contributed by atoms with Crippen molar-refractivity contribution in [2.45, 2.75) is 32.7 Å². The first kappa shape index (κ1) is 21.1. The van der Waals surface area contributed by atoms with Gasteiger partial charge in [-0.05, 0) is 54.8 Å². The summed E-state index contributed by atoms with van der Waals surface area (Å²) >= 11 is 6.11. The van der Waals surface area contributed by atoms with Crippen molar-refractivity contribution in [3.8, 4) is 6.07 Å². The number of nitriles is 1. The van der Waals surface area contributed by atoms with Crippen LogP contribution in [0.4, 0.5) is 0 Å². The number of hydrogen-bond acceptors (Lipinski definition) is 3. The summed E-state index contributed by atoms with van der Waals surface area (Å²) < 4.78 is 2.24. The van der Waals surface area contributed by atoms with Crippen LogP contribution >= 0.6 is 11.6 Å². The lowest BCUT2D eigenvalue weighted by Crippen LogP contribution is -2.30. The number of rotatable bonds is 10. The minimum atomic E-state index is 0.692. The molecule has 1 heterocycles. The summed E-state index contributed by atoms with van der Waals surface area (Å²) in [6.07, 6.45) is 6.82. The molecule has 3 rings (SSSR count). The average Bonchev–Trinajstić information content (AvgIpc) is 3.17. The third-order valence-electron chi connectivity index (χ3n) is 5.07. The second kappa shape index (κ2) is 10.8. The quantitative estimate of drug-likeness (QED) is 0.478. The van der Waals surface area contributed by atoms with E-state index in [4.69, 9.17) is 16.9 Å². The summed E-state index contributed by atoms with van der Waals surface area (Å²) in [4.78, 5) is 6.86. The summed E-state index contributed by atoms with van der Waals surface area (Å²) in [5.41, 5.74) is 4.36. The van der Waals surface area contributed by atoms with Crippen LogP contribution in [-0.2, 0) is 19.4 Å². The molecule has 0 saturated heterocycles. The van der Waals surface area contributed by atoms with Crippen LogP contribution in [0.5, 0.6) is 0 Å². The average molecular weight is 407 g/mol. The fourth-order valence-electron chi connectivity index (χ4n) is 3.48. The van der Waals surface area contributed by atoms with Gasteiger partial charge in [0.25, 0.3) is 0 Å². The Balaban J connectivity index is 1.57. The topological polar surface area (TPSA) is 44.9 Å². The van der Waals surface area contributed by atoms with Gasteiger partial charge in [0.2, 0.25) is 0 Å². The van der Waals surface area contributed by atoms with Gasteiger partial charge in [-0.1, -0.05) is 42.8 Å². The molecule has 0 N–H and O–H groups in total. The fourth-order valence-corrected chi connectivity index (χ4v) is 3.70. The Morgan fingerprint density at radius 3 is 2.62 bits per heavy atom. The van der Waals surface area contributed by atoms with Crippen molar-refractivity contribution in [1.29, 1.82) is 5.26 Å². The number of imidazole rings is 1. The first-order valence-electron chi connectivity index (χ1n) is 10.1. The Hall–Kier alpha value is -2.61. The van der Waals surface area contributed by atoms with Crippen molar-refractivity contribution in [2.75, 3.05) is 19.6 Å². The second-order valence-corrected chi connectivity index (χ2v) is 7.72. The van der Waals surface area contributed by atoms with Crippen LogP contribution in [0.15, 0.2) is 61.1 Å². The Morgan fingerprint density at radius 1 is 1.07 bits per heavy atom. The zero-order valence-corrected chi connectivity index (χ0v) is 17.6. The van der Waals surface area contributed by atoms with E-state index in [1.165, 1.54) is 16.8 Å². The monoisotopic (exact) mass is 406 g/mol. The summed E-state index contributed by atoms with van der Waals surface area (Å²) in [6.45, 7) is 6.24. The highest BCUT2D eigenvalue weighted by Gasteiger charge is 2.08. The van der Waals surface area contributed by atoms with E-state index in [0.29, 0.717) is 5.56 Å². The molecule has 4 nitrogen and oxygen atoms in total. The predicted molar refractivity (Wildman–Crippen MR) is 118 cm³/mol. The molecule has 0 bridgehead atoms. The number of benzene rings is 2. The smallest absolute Gasteiger partial charge is 0.0991 e. The van der Waals surface area contributed by atoms with Gasteiger partial charge in [0.1, 0.15) is 0 Å². The van der Waals surface area contributed by atoms with Gasteiger partial charge in [0.15, 0.2) is 0 Å². The molecule has 0 fully saturated rings. The van der Waals surface area contributed by atoms with Crippen molar-refractivity contribution in [1.82, 2.24) is 14.5 Å². The van der Waals surface area contributed by atoms with Gasteiger partial charge in [-0.2, -0.15) is 5.26 Å². The van der Waals surface area contributed by atoms with Crippen LogP contribution in [-0.4, -0.2) is 34.1 Å². The molecule has 0 amide bonds. The molecule has 0 atom stereocenters. The van der Waals surface area contributed by atoms with Crippen molar-refractivity contribution in [3.05, 3.63) is 88.5 Å². The molecule has 3 aromatic rings. The minimum Gasteiger partial charge on any atom is -0.333 e. The number of halogens is 1. The Morgan fingerprint density at radius 2 is 1.90 bits per heavy atom. The summed E-state index contributed by atoms with van der Waals surface area (Å²) in [6, 6.07) is 18.1. The van der Waals surface area contributed by atoms with E-state index in [9.17, 15) is 0 Å². The SMILES string of the molecule is CCCN(CCc1cccc(Cl)c1)CCn1cncc1Cc1ccc(C#N)cc1. The van der Waals surface area contributed by atoms with E-state index in [0.717, 1.165) is 50.5 Å². The molecule has 5 heteroatoms. The maximum atomic E-state index is 8.95. The van der Waals surface area contributed by atoms with Crippen molar-refractivity contribution in [2.24, 2.45) is 0 Å². The first-order chi connectivity index (χ1) is 14.2. The number of aromatic nitrogens is 2. The molecule has 0 unspecified atom stereocenters. The Labute approximate surface area is 178 Å². The Bertz CT molecular complexity index is 940. The van der Waals surface area contributed by atoms with Crippen molar-refractivity contribution in [3.63, 3.8) is 0 Å². The van der Waals surface area contributed by atoms with E-state index in [1.807, 2.05) is 48.9 Å². The summed E-state index contributed by atoms with van der Waals surface area (Å²) in [5.74, 6) is 0. The molecule has 1 aromatic heterocycles. The van der Waals surface area contributed by atoms with Gasteiger partial charge in [-0.15, -0.1) is 0 Å². The van der Waals surface area contributed by atoms with E-state index in [1.54, 1.807) is 0 Å². The second-order valence-electron chi connectivity index (χ2n) is 7.29. The van der Waals surface area contributed by atoms with Gasteiger partial charge in [-0.3, -0.25) is 0 Å². The maximum Gasteiger partial charge on any atom is 0.0991 e. The molecular weight excluding hydrogens is 380 g/mol. The zero-order chi connectivity index (χ0) is 20.5. The fraction of sp³-hybridized carbons (Fsp3) is 0.333. The number of hydrogen-bond donors (Lipinski definition) is 0. The van der Waals surface area contributed by atoms with E-state index in [2.05, 4.69) is 39.6 Å². The van der Waals surface area contributed by atoms with Gasteiger partial charge >= 0.3 is 0 Å². The van der Waals surface area contributed by atoms with E-state index in [-0.39, 0.29) is 0 Å². The third-order valence-corrected chi connectivity index (χ3v) is 5.30. The maximum absolute atomic E-state index is 8.95. The highest BCUT2D eigenvalue weighted by atomic mass is 35.5. The molecule has 0 aliphatic rings. The highest BCUT2D eigenvalue weighted by molar-refractivity contribution is 6.30. The normalized spacial score (nSPS) is 11.0. The van der Waals surface area contributed by atoms with Crippen molar-refractivity contribution < 1.29 is 0 Å². The van der Waals surface area contributed by atoms with Crippen LogP contribution in [0.25, 0.3) is 0 Å². The summed E-state index contributed by atoms with van der Waals surface area (Å²) in [7, 11) is 0. The van der Waals surface area contributed by atoms with Crippen LogP contribution < -0.4 is 0 Å². The molecule has 0 spiro atoms. The largest absolute Gasteiger partial charge is 0.333 e. The van der Waals surface area contributed by atoms with Crippen LogP contribution in [0.2, 0.25) is 5.02 Å².